The lowest BCUT2D eigenvalue weighted by molar-refractivity contribution is 0.119. The summed E-state index contributed by atoms with van der Waals surface area (Å²) in [6.07, 6.45) is 2.47. The molecule has 18 heavy (non-hydrogen) atoms. The van der Waals surface area contributed by atoms with Gasteiger partial charge in [-0.05, 0) is 43.5 Å². The molecule has 1 aromatic carbocycles. The molecule has 0 aromatic heterocycles. The normalized spacial score (nSPS) is 11.6. The summed E-state index contributed by atoms with van der Waals surface area (Å²) in [4.78, 5) is 4.23. The minimum absolute atomic E-state index is 0.626. The molecule has 2 N–H and O–H groups in total. The van der Waals surface area contributed by atoms with E-state index in [0.29, 0.717) is 19.8 Å². The lowest BCUT2D eigenvalue weighted by atomic mass is 10.00. The zero-order valence-electron chi connectivity index (χ0n) is 11.3. The Morgan fingerprint density at radius 2 is 2.28 bits per heavy atom. The first-order valence-electron chi connectivity index (χ1n) is 6.22. The SMILES string of the molecule is C=CN=C(C)c1cccc(COCCCN)c1C. The van der Waals surface area contributed by atoms with Crippen LogP contribution in [0.5, 0.6) is 0 Å². The first kappa shape index (κ1) is 14.6. The highest BCUT2D eigenvalue weighted by molar-refractivity contribution is 6.00. The van der Waals surface area contributed by atoms with Crippen molar-refractivity contribution < 1.29 is 4.74 Å². The maximum atomic E-state index is 5.60. The van der Waals surface area contributed by atoms with Gasteiger partial charge in [-0.3, -0.25) is 4.99 Å². The summed E-state index contributed by atoms with van der Waals surface area (Å²) in [6, 6.07) is 6.19. The third-order valence-electron chi connectivity index (χ3n) is 2.87. The number of benzene rings is 1. The molecule has 3 nitrogen and oxygen atoms in total. The minimum Gasteiger partial charge on any atom is -0.377 e. The van der Waals surface area contributed by atoms with Crippen LogP contribution in [0.3, 0.4) is 0 Å². The maximum absolute atomic E-state index is 5.60. The van der Waals surface area contributed by atoms with Gasteiger partial charge in [0.15, 0.2) is 0 Å². The summed E-state index contributed by atoms with van der Waals surface area (Å²) in [5, 5.41) is 0. The van der Waals surface area contributed by atoms with E-state index < -0.39 is 0 Å². The topological polar surface area (TPSA) is 47.6 Å². The molecule has 0 saturated heterocycles. The van der Waals surface area contributed by atoms with Crippen LogP contribution in [0.25, 0.3) is 0 Å². The molecule has 0 amide bonds. The summed E-state index contributed by atoms with van der Waals surface area (Å²) < 4.78 is 5.60. The quantitative estimate of drug-likeness (QED) is 0.594. The summed E-state index contributed by atoms with van der Waals surface area (Å²) in [7, 11) is 0. The van der Waals surface area contributed by atoms with Crippen molar-refractivity contribution in [2.45, 2.75) is 26.9 Å². The molecule has 0 radical (unpaired) electrons. The Morgan fingerprint density at radius 1 is 1.50 bits per heavy atom. The zero-order valence-corrected chi connectivity index (χ0v) is 11.3. The van der Waals surface area contributed by atoms with E-state index in [4.69, 9.17) is 10.5 Å². The van der Waals surface area contributed by atoms with Gasteiger partial charge in [-0.25, -0.2) is 0 Å². The predicted octanol–water partition coefficient (Wildman–Crippen LogP) is 2.81. The first-order valence-corrected chi connectivity index (χ1v) is 6.22. The molecule has 0 aliphatic carbocycles. The maximum Gasteiger partial charge on any atom is 0.0719 e. The summed E-state index contributed by atoms with van der Waals surface area (Å²) >= 11 is 0. The number of hydrogen-bond donors (Lipinski definition) is 1. The van der Waals surface area contributed by atoms with E-state index >= 15 is 0 Å². The van der Waals surface area contributed by atoms with Gasteiger partial charge in [0.1, 0.15) is 0 Å². The molecule has 0 saturated carbocycles. The molecule has 0 unspecified atom stereocenters. The Labute approximate surface area is 109 Å². The van der Waals surface area contributed by atoms with Gasteiger partial charge in [0.25, 0.3) is 0 Å². The summed E-state index contributed by atoms with van der Waals surface area (Å²) in [5.74, 6) is 0. The molecule has 0 aliphatic rings. The van der Waals surface area contributed by atoms with Gasteiger partial charge in [-0.2, -0.15) is 0 Å². The van der Waals surface area contributed by atoms with Crippen molar-refractivity contribution in [2.75, 3.05) is 13.2 Å². The van der Waals surface area contributed by atoms with Crippen LogP contribution < -0.4 is 5.73 Å². The van der Waals surface area contributed by atoms with Crippen molar-refractivity contribution >= 4 is 5.71 Å². The van der Waals surface area contributed by atoms with Crippen molar-refractivity contribution in [2.24, 2.45) is 10.7 Å². The molecular weight excluding hydrogens is 224 g/mol. The molecule has 0 spiro atoms. The second kappa shape index (κ2) is 7.80. The molecule has 1 aromatic rings. The van der Waals surface area contributed by atoms with Crippen molar-refractivity contribution in [3.8, 4) is 0 Å². The van der Waals surface area contributed by atoms with Crippen LogP contribution in [-0.4, -0.2) is 18.9 Å². The van der Waals surface area contributed by atoms with Crippen molar-refractivity contribution in [1.82, 2.24) is 0 Å². The standard InChI is InChI=1S/C15H22N2O/c1-4-17-13(3)15-8-5-7-14(12(15)2)11-18-10-6-9-16/h4-5,7-8H,1,6,9-11,16H2,2-3H3. The predicted molar refractivity (Wildman–Crippen MR) is 76.9 cm³/mol. The molecule has 3 heteroatoms. The minimum atomic E-state index is 0.626. The Bertz CT molecular complexity index is 425. The van der Waals surface area contributed by atoms with E-state index in [-0.39, 0.29) is 0 Å². The van der Waals surface area contributed by atoms with Gasteiger partial charge >= 0.3 is 0 Å². The van der Waals surface area contributed by atoms with Crippen LogP contribution in [0.4, 0.5) is 0 Å². The van der Waals surface area contributed by atoms with E-state index in [2.05, 4.69) is 30.6 Å². The van der Waals surface area contributed by atoms with Crippen molar-refractivity contribution in [3.63, 3.8) is 0 Å². The number of hydrogen-bond acceptors (Lipinski definition) is 3. The van der Waals surface area contributed by atoms with Gasteiger partial charge < -0.3 is 10.5 Å². The van der Waals surface area contributed by atoms with Crippen LogP contribution in [-0.2, 0) is 11.3 Å². The molecule has 1 rings (SSSR count). The zero-order chi connectivity index (χ0) is 13.4. The molecule has 0 bridgehead atoms. The number of nitrogens with two attached hydrogens (primary N) is 1. The Balaban J connectivity index is 2.78. The van der Waals surface area contributed by atoms with Crippen LogP contribution in [0.2, 0.25) is 0 Å². The van der Waals surface area contributed by atoms with E-state index in [1.54, 1.807) is 6.20 Å². The Kier molecular flexibility index (Phi) is 6.33. The van der Waals surface area contributed by atoms with E-state index in [1.807, 2.05) is 13.0 Å². The fourth-order valence-electron chi connectivity index (χ4n) is 1.81. The van der Waals surface area contributed by atoms with Crippen molar-refractivity contribution in [3.05, 3.63) is 47.7 Å². The summed E-state index contributed by atoms with van der Waals surface area (Å²) in [6.45, 7) is 9.71. The lowest BCUT2D eigenvalue weighted by Crippen LogP contribution is -2.06. The number of nitrogens with zero attached hydrogens (tertiary/aromatic N) is 1. The smallest absolute Gasteiger partial charge is 0.0719 e. The van der Waals surface area contributed by atoms with Crippen LogP contribution in [0.1, 0.15) is 30.0 Å². The van der Waals surface area contributed by atoms with Crippen LogP contribution >= 0.6 is 0 Å². The molecule has 0 heterocycles. The molecule has 0 atom stereocenters. The van der Waals surface area contributed by atoms with Gasteiger partial charge in [0.2, 0.25) is 0 Å². The van der Waals surface area contributed by atoms with Gasteiger partial charge in [-0.15, -0.1) is 0 Å². The fraction of sp³-hybridized carbons (Fsp3) is 0.400. The Morgan fingerprint density at radius 3 is 2.94 bits per heavy atom. The number of rotatable bonds is 7. The van der Waals surface area contributed by atoms with Crippen molar-refractivity contribution in [1.29, 1.82) is 0 Å². The second-order valence-corrected chi connectivity index (χ2v) is 4.18. The van der Waals surface area contributed by atoms with E-state index in [0.717, 1.165) is 17.7 Å². The number of ether oxygens (including phenoxy) is 1. The molecule has 0 aliphatic heterocycles. The fourth-order valence-corrected chi connectivity index (χ4v) is 1.81. The molecular formula is C15H22N2O. The van der Waals surface area contributed by atoms with Gasteiger partial charge in [-0.1, -0.05) is 24.8 Å². The lowest BCUT2D eigenvalue weighted by Gasteiger charge is -2.11. The monoisotopic (exact) mass is 246 g/mol. The third kappa shape index (κ3) is 4.09. The summed E-state index contributed by atoms with van der Waals surface area (Å²) in [5.41, 5.74) is 9.97. The van der Waals surface area contributed by atoms with E-state index in [9.17, 15) is 0 Å². The van der Waals surface area contributed by atoms with Gasteiger partial charge in [0, 0.05) is 18.5 Å². The average Bonchev–Trinajstić information content (AvgIpc) is 2.36. The highest BCUT2D eigenvalue weighted by atomic mass is 16.5. The first-order chi connectivity index (χ1) is 8.70. The molecule has 0 fully saturated rings. The largest absolute Gasteiger partial charge is 0.377 e. The molecule has 98 valence electrons. The number of aliphatic imine (C=N–C) groups is 1. The van der Waals surface area contributed by atoms with Crippen LogP contribution in [0, 0.1) is 6.92 Å². The van der Waals surface area contributed by atoms with Gasteiger partial charge in [0.05, 0.1) is 6.61 Å². The highest BCUT2D eigenvalue weighted by Crippen LogP contribution is 2.16. The average molecular weight is 246 g/mol. The highest BCUT2D eigenvalue weighted by Gasteiger charge is 2.06. The second-order valence-electron chi connectivity index (χ2n) is 4.18. The Hall–Kier alpha value is -1.45. The van der Waals surface area contributed by atoms with E-state index in [1.165, 1.54) is 11.1 Å². The van der Waals surface area contributed by atoms with Crippen LogP contribution in [0.15, 0.2) is 36.0 Å². The third-order valence-corrected chi connectivity index (χ3v) is 2.87.